The predicted octanol–water partition coefficient (Wildman–Crippen LogP) is 4.97. The smallest absolute Gasteiger partial charge is 0.241 e. The Bertz CT molecular complexity index is 1040. The molecule has 0 spiro atoms. The number of amides is 1. The SMILES string of the molecule is Cc1cccc(-c2noc(CN3CCC(C(=O)Nc4ccc(Br)c(C)c4)CC3)n2)c1. The van der Waals surface area contributed by atoms with E-state index in [1.165, 1.54) is 0 Å². The number of aromatic nitrogens is 2. The largest absolute Gasteiger partial charge is 0.338 e. The summed E-state index contributed by atoms with van der Waals surface area (Å²) in [5.74, 6) is 1.35. The summed E-state index contributed by atoms with van der Waals surface area (Å²) in [6.07, 6.45) is 1.64. The van der Waals surface area contributed by atoms with Gasteiger partial charge in [-0.15, -0.1) is 0 Å². The molecule has 0 bridgehead atoms. The lowest BCUT2D eigenvalue weighted by Gasteiger charge is -2.30. The van der Waals surface area contributed by atoms with Crippen molar-refractivity contribution in [3.8, 4) is 11.4 Å². The van der Waals surface area contributed by atoms with Gasteiger partial charge in [-0.3, -0.25) is 9.69 Å². The van der Waals surface area contributed by atoms with E-state index in [2.05, 4.69) is 36.3 Å². The van der Waals surface area contributed by atoms with Gasteiger partial charge in [0, 0.05) is 21.6 Å². The number of hydrogen-bond acceptors (Lipinski definition) is 5. The Balaban J connectivity index is 1.29. The number of carbonyl (C=O) groups excluding carboxylic acids is 1. The topological polar surface area (TPSA) is 71.3 Å². The van der Waals surface area contributed by atoms with Gasteiger partial charge in [-0.25, -0.2) is 0 Å². The van der Waals surface area contributed by atoms with Gasteiger partial charge in [-0.05, 0) is 69.6 Å². The second-order valence-electron chi connectivity index (χ2n) is 7.88. The van der Waals surface area contributed by atoms with Gasteiger partial charge in [-0.1, -0.05) is 44.8 Å². The Labute approximate surface area is 184 Å². The van der Waals surface area contributed by atoms with Crippen molar-refractivity contribution in [1.29, 1.82) is 0 Å². The van der Waals surface area contributed by atoms with Crippen LogP contribution in [0.4, 0.5) is 5.69 Å². The van der Waals surface area contributed by atoms with Crippen LogP contribution in [0.2, 0.25) is 0 Å². The molecule has 0 unspecified atom stereocenters. The monoisotopic (exact) mass is 468 g/mol. The molecule has 4 rings (SSSR count). The number of carbonyl (C=O) groups is 1. The van der Waals surface area contributed by atoms with Gasteiger partial charge < -0.3 is 9.84 Å². The number of halogens is 1. The number of nitrogens with one attached hydrogen (secondary N) is 1. The number of aryl methyl sites for hydroxylation is 2. The van der Waals surface area contributed by atoms with Crippen LogP contribution >= 0.6 is 15.9 Å². The Hall–Kier alpha value is -2.51. The van der Waals surface area contributed by atoms with Crippen LogP contribution in [-0.2, 0) is 11.3 Å². The fraction of sp³-hybridized carbons (Fsp3) is 0.348. The molecule has 0 atom stereocenters. The minimum Gasteiger partial charge on any atom is -0.338 e. The highest BCUT2D eigenvalue weighted by atomic mass is 79.9. The van der Waals surface area contributed by atoms with Crippen LogP contribution in [0.25, 0.3) is 11.4 Å². The average Bonchev–Trinajstić information content (AvgIpc) is 3.20. The standard InChI is InChI=1S/C23H25BrN4O2/c1-15-4-3-5-18(12-15)22-26-21(30-27-22)14-28-10-8-17(9-11-28)23(29)25-19-6-7-20(24)16(2)13-19/h3-7,12-13,17H,8-11,14H2,1-2H3,(H,25,29). The van der Waals surface area contributed by atoms with Gasteiger partial charge >= 0.3 is 0 Å². The summed E-state index contributed by atoms with van der Waals surface area (Å²) in [6.45, 7) is 6.33. The van der Waals surface area contributed by atoms with Crippen molar-refractivity contribution in [3.63, 3.8) is 0 Å². The first-order chi connectivity index (χ1) is 14.5. The highest BCUT2D eigenvalue weighted by Gasteiger charge is 2.26. The van der Waals surface area contributed by atoms with Crippen LogP contribution < -0.4 is 5.32 Å². The van der Waals surface area contributed by atoms with Crippen LogP contribution in [0.5, 0.6) is 0 Å². The van der Waals surface area contributed by atoms with E-state index in [1.54, 1.807) is 0 Å². The molecule has 1 aliphatic heterocycles. The maximum absolute atomic E-state index is 12.6. The molecule has 2 aromatic carbocycles. The molecule has 0 radical (unpaired) electrons. The molecule has 1 saturated heterocycles. The van der Waals surface area contributed by atoms with Crippen LogP contribution in [0.15, 0.2) is 51.5 Å². The molecule has 156 valence electrons. The summed E-state index contributed by atoms with van der Waals surface area (Å²) in [6, 6.07) is 13.9. The van der Waals surface area contributed by atoms with Crippen molar-refractivity contribution in [3.05, 3.63) is 64.0 Å². The Morgan fingerprint density at radius 1 is 1.20 bits per heavy atom. The van der Waals surface area contributed by atoms with E-state index in [0.717, 1.165) is 52.8 Å². The quantitative estimate of drug-likeness (QED) is 0.572. The van der Waals surface area contributed by atoms with Gasteiger partial charge in [0.15, 0.2) is 0 Å². The van der Waals surface area contributed by atoms with Gasteiger partial charge in [0.2, 0.25) is 17.6 Å². The number of anilines is 1. The van der Waals surface area contributed by atoms with Gasteiger partial charge in [-0.2, -0.15) is 4.98 Å². The van der Waals surface area contributed by atoms with Crippen molar-refractivity contribution in [2.24, 2.45) is 5.92 Å². The predicted molar refractivity (Wildman–Crippen MR) is 120 cm³/mol. The van der Waals surface area contributed by atoms with Crippen molar-refractivity contribution >= 4 is 27.5 Å². The Morgan fingerprint density at radius 3 is 2.73 bits per heavy atom. The van der Waals surface area contributed by atoms with Gasteiger partial charge in [0.1, 0.15) is 0 Å². The molecule has 1 N–H and O–H groups in total. The van der Waals surface area contributed by atoms with E-state index in [0.29, 0.717) is 18.3 Å². The van der Waals surface area contributed by atoms with E-state index >= 15 is 0 Å². The van der Waals surface area contributed by atoms with Crippen molar-refractivity contribution < 1.29 is 9.32 Å². The molecule has 6 nitrogen and oxygen atoms in total. The minimum absolute atomic E-state index is 0.0238. The molecule has 7 heteroatoms. The molecule has 0 saturated carbocycles. The number of piperidine rings is 1. The van der Waals surface area contributed by atoms with E-state index in [9.17, 15) is 4.79 Å². The number of likely N-dealkylation sites (tertiary alicyclic amines) is 1. The molecule has 30 heavy (non-hydrogen) atoms. The summed E-state index contributed by atoms with van der Waals surface area (Å²) in [7, 11) is 0. The Morgan fingerprint density at radius 2 is 2.00 bits per heavy atom. The minimum atomic E-state index is 0.0238. The van der Waals surface area contributed by atoms with Crippen LogP contribution in [0.3, 0.4) is 0 Å². The first-order valence-electron chi connectivity index (χ1n) is 10.2. The molecule has 1 aliphatic rings. The zero-order chi connectivity index (χ0) is 21.1. The summed E-state index contributed by atoms with van der Waals surface area (Å²) >= 11 is 3.49. The molecule has 1 aromatic heterocycles. The molecular weight excluding hydrogens is 444 g/mol. The van der Waals surface area contributed by atoms with E-state index in [1.807, 2.05) is 56.3 Å². The van der Waals surface area contributed by atoms with Crippen LogP contribution in [-0.4, -0.2) is 34.0 Å². The van der Waals surface area contributed by atoms with E-state index < -0.39 is 0 Å². The van der Waals surface area contributed by atoms with Crippen LogP contribution in [0.1, 0.15) is 29.9 Å². The first-order valence-corrected chi connectivity index (χ1v) is 11.0. The van der Waals surface area contributed by atoms with Crippen molar-refractivity contribution in [1.82, 2.24) is 15.0 Å². The molecular formula is C23H25BrN4O2. The number of nitrogens with zero attached hydrogens (tertiary/aromatic N) is 3. The zero-order valence-electron chi connectivity index (χ0n) is 17.2. The summed E-state index contributed by atoms with van der Waals surface area (Å²) in [4.78, 5) is 19.4. The second kappa shape index (κ2) is 9.10. The lowest BCUT2D eigenvalue weighted by molar-refractivity contribution is -0.121. The van der Waals surface area contributed by atoms with Crippen molar-refractivity contribution in [2.75, 3.05) is 18.4 Å². The lowest BCUT2D eigenvalue weighted by Crippen LogP contribution is -2.37. The molecule has 0 aliphatic carbocycles. The molecule has 2 heterocycles. The maximum atomic E-state index is 12.6. The highest BCUT2D eigenvalue weighted by molar-refractivity contribution is 9.10. The van der Waals surface area contributed by atoms with Gasteiger partial charge in [0.05, 0.1) is 6.54 Å². The highest BCUT2D eigenvalue weighted by Crippen LogP contribution is 2.24. The number of benzene rings is 2. The normalized spacial score (nSPS) is 15.3. The van der Waals surface area contributed by atoms with E-state index in [-0.39, 0.29) is 11.8 Å². The van der Waals surface area contributed by atoms with Gasteiger partial charge in [0.25, 0.3) is 0 Å². The van der Waals surface area contributed by atoms with Crippen LogP contribution in [0, 0.1) is 19.8 Å². The fourth-order valence-electron chi connectivity index (χ4n) is 3.73. The maximum Gasteiger partial charge on any atom is 0.241 e. The molecule has 1 amide bonds. The third kappa shape index (κ3) is 4.96. The third-order valence-corrected chi connectivity index (χ3v) is 6.38. The zero-order valence-corrected chi connectivity index (χ0v) is 18.8. The van der Waals surface area contributed by atoms with Crippen molar-refractivity contribution in [2.45, 2.75) is 33.2 Å². The number of rotatable bonds is 5. The summed E-state index contributed by atoms with van der Waals surface area (Å²) in [5.41, 5.74) is 4.07. The first kappa shape index (κ1) is 20.8. The number of hydrogen-bond donors (Lipinski definition) is 1. The average molecular weight is 469 g/mol. The fourth-order valence-corrected chi connectivity index (χ4v) is 3.98. The molecule has 3 aromatic rings. The Kier molecular flexibility index (Phi) is 6.29. The van der Waals surface area contributed by atoms with E-state index in [4.69, 9.17) is 4.52 Å². The lowest BCUT2D eigenvalue weighted by atomic mass is 9.96. The molecule has 1 fully saturated rings. The summed E-state index contributed by atoms with van der Waals surface area (Å²) in [5, 5.41) is 7.17. The third-order valence-electron chi connectivity index (χ3n) is 5.49. The summed E-state index contributed by atoms with van der Waals surface area (Å²) < 4.78 is 6.49. The second-order valence-corrected chi connectivity index (χ2v) is 8.74.